The van der Waals surface area contributed by atoms with Crippen molar-refractivity contribution in [3.05, 3.63) is 24.3 Å². The highest BCUT2D eigenvalue weighted by Crippen LogP contribution is 2.15. The van der Waals surface area contributed by atoms with E-state index in [4.69, 9.17) is 4.74 Å². The highest BCUT2D eigenvalue weighted by atomic mass is 16.5. The average molecular weight is 790 g/mol. The number of hydrogen-bond donors (Lipinski definition) is 3. The molecule has 0 radical (unpaired) electrons. The molecule has 6 nitrogen and oxygen atoms in total. The predicted octanol–water partition coefficient (Wildman–Crippen LogP) is 14.3. The summed E-state index contributed by atoms with van der Waals surface area (Å²) in [5.41, 5.74) is 0. The first kappa shape index (κ1) is 54.3. The number of unbranched alkanes of at least 4 members (excludes halogenated alkanes) is 30. The maximum atomic E-state index is 12.4. The van der Waals surface area contributed by atoms with E-state index in [-0.39, 0.29) is 18.5 Å². The van der Waals surface area contributed by atoms with E-state index in [1.54, 1.807) is 0 Å². The molecule has 6 heteroatoms. The Morgan fingerprint density at radius 2 is 0.839 bits per heavy atom. The number of hydrogen-bond acceptors (Lipinski definition) is 5. The van der Waals surface area contributed by atoms with Crippen LogP contribution in [0.5, 0.6) is 0 Å². The fraction of sp³-hybridized carbons (Fsp3) is 0.880. The number of carbonyl (C=O) groups excluding carboxylic acids is 2. The Morgan fingerprint density at radius 1 is 0.482 bits per heavy atom. The zero-order valence-corrected chi connectivity index (χ0v) is 37.4. The molecule has 0 aromatic rings. The third-order valence-electron chi connectivity index (χ3n) is 11.2. The standard InChI is InChI=1S/C50H95NO5/c1-3-5-7-9-11-13-15-17-18-19-20-24-28-32-36-40-44-50(55)56-45-41-37-33-29-25-21-23-27-31-35-39-43-49(54)51-47(46-52)48(53)42-38-34-30-26-22-16-14-12-10-8-6-4-2/h18-19,25,29,47-48,52-53H,3-17,20-24,26-28,30-46H2,1-2H3,(H,51,54)/b19-18-,29-25-. The SMILES string of the molecule is CCCCCCCCC/C=C\CCCCCCCC(=O)OCCCC/C=C\CCCCCCCC(=O)NC(CO)C(O)CCCCCCCCCCCCCC. The van der Waals surface area contributed by atoms with Crippen molar-refractivity contribution in [2.24, 2.45) is 0 Å². The maximum Gasteiger partial charge on any atom is 0.305 e. The summed E-state index contributed by atoms with van der Waals surface area (Å²) in [5, 5.41) is 23.1. The van der Waals surface area contributed by atoms with Gasteiger partial charge in [0.25, 0.3) is 0 Å². The van der Waals surface area contributed by atoms with E-state index in [0.717, 1.165) is 83.5 Å². The topological polar surface area (TPSA) is 95.9 Å². The van der Waals surface area contributed by atoms with Crippen molar-refractivity contribution < 1.29 is 24.5 Å². The summed E-state index contributed by atoms with van der Waals surface area (Å²) in [6.45, 7) is 4.86. The van der Waals surface area contributed by atoms with E-state index in [0.29, 0.717) is 25.9 Å². The molecule has 0 aliphatic rings. The molecule has 2 unspecified atom stereocenters. The summed E-state index contributed by atoms with van der Waals surface area (Å²) in [4.78, 5) is 24.4. The first-order valence-corrected chi connectivity index (χ1v) is 24.6. The summed E-state index contributed by atoms with van der Waals surface area (Å²) >= 11 is 0. The van der Waals surface area contributed by atoms with Gasteiger partial charge in [0, 0.05) is 12.8 Å². The van der Waals surface area contributed by atoms with Crippen LogP contribution in [-0.4, -0.2) is 47.4 Å². The molecule has 330 valence electrons. The molecule has 0 aromatic carbocycles. The van der Waals surface area contributed by atoms with Crippen LogP contribution in [0.15, 0.2) is 24.3 Å². The molecule has 0 saturated carbocycles. The van der Waals surface area contributed by atoms with Crippen LogP contribution in [0.2, 0.25) is 0 Å². The monoisotopic (exact) mass is 790 g/mol. The minimum atomic E-state index is -0.681. The molecule has 0 bridgehead atoms. The second-order valence-electron chi connectivity index (χ2n) is 16.8. The molecular weight excluding hydrogens is 695 g/mol. The number of allylic oxidation sites excluding steroid dienone is 4. The molecule has 2 atom stereocenters. The highest BCUT2D eigenvalue weighted by Gasteiger charge is 2.20. The maximum absolute atomic E-state index is 12.4. The van der Waals surface area contributed by atoms with Gasteiger partial charge in [-0.25, -0.2) is 0 Å². The Balaban J connectivity index is 3.52. The lowest BCUT2D eigenvalue weighted by atomic mass is 10.0. The van der Waals surface area contributed by atoms with E-state index in [1.807, 2.05) is 0 Å². The molecule has 56 heavy (non-hydrogen) atoms. The molecule has 0 saturated heterocycles. The number of amides is 1. The number of esters is 1. The van der Waals surface area contributed by atoms with Gasteiger partial charge in [-0.1, -0.05) is 192 Å². The summed E-state index contributed by atoms with van der Waals surface area (Å²) in [7, 11) is 0. The van der Waals surface area contributed by atoms with Gasteiger partial charge in [0.1, 0.15) is 0 Å². The molecular formula is C50H95NO5. The second-order valence-corrected chi connectivity index (χ2v) is 16.8. The van der Waals surface area contributed by atoms with Gasteiger partial charge >= 0.3 is 5.97 Å². The summed E-state index contributed by atoms with van der Waals surface area (Å²) in [6, 6.07) is -0.561. The quantitative estimate of drug-likeness (QED) is 0.0324. The van der Waals surface area contributed by atoms with Crippen molar-refractivity contribution in [1.29, 1.82) is 0 Å². The fourth-order valence-corrected chi connectivity index (χ4v) is 7.39. The van der Waals surface area contributed by atoms with Gasteiger partial charge in [-0.3, -0.25) is 9.59 Å². The molecule has 0 heterocycles. The largest absolute Gasteiger partial charge is 0.466 e. The van der Waals surface area contributed by atoms with E-state index in [2.05, 4.69) is 43.5 Å². The number of nitrogens with one attached hydrogen (secondary N) is 1. The van der Waals surface area contributed by atoms with Crippen LogP contribution >= 0.6 is 0 Å². The van der Waals surface area contributed by atoms with E-state index in [1.165, 1.54) is 141 Å². The Kier molecular flexibility index (Phi) is 44.7. The summed E-state index contributed by atoms with van der Waals surface area (Å²) in [6.07, 6.45) is 52.8. The Labute approximate surface area is 348 Å². The smallest absolute Gasteiger partial charge is 0.305 e. The minimum Gasteiger partial charge on any atom is -0.466 e. The number of ether oxygens (including phenoxy) is 1. The van der Waals surface area contributed by atoms with Gasteiger partial charge < -0.3 is 20.3 Å². The molecule has 0 spiro atoms. The first-order valence-electron chi connectivity index (χ1n) is 24.6. The number of aliphatic hydroxyl groups is 2. The number of rotatable bonds is 45. The lowest BCUT2D eigenvalue weighted by Gasteiger charge is -2.22. The third-order valence-corrected chi connectivity index (χ3v) is 11.2. The van der Waals surface area contributed by atoms with Crippen molar-refractivity contribution >= 4 is 11.9 Å². The van der Waals surface area contributed by atoms with Gasteiger partial charge in [0.2, 0.25) is 5.91 Å². The molecule has 1 amide bonds. The van der Waals surface area contributed by atoms with Crippen LogP contribution in [0.3, 0.4) is 0 Å². The van der Waals surface area contributed by atoms with E-state index < -0.39 is 12.1 Å². The van der Waals surface area contributed by atoms with Crippen LogP contribution < -0.4 is 5.32 Å². The first-order chi connectivity index (χ1) is 27.5. The van der Waals surface area contributed by atoms with Crippen molar-refractivity contribution in [3.63, 3.8) is 0 Å². The predicted molar refractivity (Wildman–Crippen MR) is 241 cm³/mol. The van der Waals surface area contributed by atoms with E-state index >= 15 is 0 Å². The summed E-state index contributed by atoms with van der Waals surface area (Å²) < 4.78 is 5.43. The molecule has 0 aromatic heterocycles. The van der Waals surface area contributed by atoms with Crippen LogP contribution in [0.1, 0.15) is 258 Å². The molecule has 0 fully saturated rings. The minimum absolute atomic E-state index is 0.0390. The molecule has 3 N–H and O–H groups in total. The Hall–Kier alpha value is -1.66. The third kappa shape index (κ3) is 42.0. The van der Waals surface area contributed by atoms with Crippen LogP contribution in [-0.2, 0) is 14.3 Å². The fourth-order valence-electron chi connectivity index (χ4n) is 7.39. The summed E-state index contributed by atoms with van der Waals surface area (Å²) in [5.74, 6) is -0.105. The zero-order valence-electron chi connectivity index (χ0n) is 37.4. The van der Waals surface area contributed by atoms with Crippen LogP contribution in [0.4, 0.5) is 0 Å². The lowest BCUT2D eigenvalue weighted by molar-refractivity contribution is -0.143. The average Bonchev–Trinajstić information content (AvgIpc) is 3.20. The van der Waals surface area contributed by atoms with Crippen molar-refractivity contribution in [2.45, 2.75) is 270 Å². The molecule has 0 aliphatic carbocycles. The van der Waals surface area contributed by atoms with Gasteiger partial charge in [-0.15, -0.1) is 0 Å². The van der Waals surface area contributed by atoms with Crippen molar-refractivity contribution in [1.82, 2.24) is 5.32 Å². The highest BCUT2D eigenvalue weighted by molar-refractivity contribution is 5.76. The van der Waals surface area contributed by atoms with E-state index in [9.17, 15) is 19.8 Å². The Bertz CT molecular complexity index is 874. The van der Waals surface area contributed by atoms with Crippen molar-refractivity contribution in [3.8, 4) is 0 Å². The second kappa shape index (κ2) is 46.0. The Morgan fingerprint density at radius 3 is 1.27 bits per heavy atom. The van der Waals surface area contributed by atoms with Crippen molar-refractivity contribution in [2.75, 3.05) is 13.2 Å². The van der Waals surface area contributed by atoms with Gasteiger partial charge in [0.05, 0.1) is 25.4 Å². The number of carbonyl (C=O) groups is 2. The van der Waals surface area contributed by atoms with Gasteiger partial charge in [-0.2, -0.15) is 0 Å². The lowest BCUT2D eigenvalue weighted by Crippen LogP contribution is -2.45. The van der Waals surface area contributed by atoms with Gasteiger partial charge in [0.15, 0.2) is 0 Å². The number of aliphatic hydroxyl groups excluding tert-OH is 2. The molecule has 0 rings (SSSR count). The van der Waals surface area contributed by atoms with Crippen LogP contribution in [0, 0.1) is 0 Å². The van der Waals surface area contributed by atoms with Gasteiger partial charge in [-0.05, 0) is 77.0 Å². The normalized spacial score (nSPS) is 12.9. The molecule has 0 aliphatic heterocycles. The van der Waals surface area contributed by atoms with Crippen LogP contribution in [0.25, 0.3) is 0 Å². The zero-order chi connectivity index (χ0) is 40.8.